The van der Waals surface area contributed by atoms with E-state index < -0.39 is 0 Å². The molecule has 4 heteroatoms. The van der Waals surface area contributed by atoms with Gasteiger partial charge in [0.25, 0.3) is 0 Å². The van der Waals surface area contributed by atoms with Crippen LogP contribution in [-0.2, 0) is 4.74 Å². The smallest absolute Gasteiger partial charge is 0.120 e. The minimum Gasteiger partial charge on any atom is -0.497 e. The Balaban J connectivity index is 2.57. The van der Waals surface area contributed by atoms with Gasteiger partial charge in [0.2, 0.25) is 0 Å². The molecule has 114 valence electrons. The highest BCUT2D eigenvalue weighted by Gasteiger charge is 2.07. The lowest BCUT2D eigenvalue weighted by Gasteiger charge is -2.25. The summed E-state index contributed by atoms with van der Waals surface area (Å²) in [6.07, 6.45) is 0.974. The second-order valence-electron chi connectivity index (χ2n) is 5.30. The third kappa shape index (κ3) is 6.26. The summed E-state index contributed by atoms with van der Waals surface area (Å²) in [7, 11) is 1.69. The van der Waals surface area contributed by atoms with Crippen LogP contribution < -0.4 is 15.4 Å². The molecule has 0 radical (unpaired) electrons. The largest absolute Gasteiger partial charge is 0.497 e. The van der Waals surface area contributed by atoms with E-state index >= 15 is 0 Å². The number of ether oxygens (including phenoxy) is 2. The summed E-state index contributed by atoms with van der Waals surface area (Å²) in [5.74, 6) is 1.45. The maximum Gasteiger partial charge on any atom is 0.120 e. The first-order valence-corrected chi connectivity index (χ1v) is 7.34. The predicted octanol–water partition coefficient (Wildman–Crippen LogP) is 2.52. The molecule has 0 saturated heterocycles. The molecule has 0 fully saturated rings. The van der Waals surface area contributed by atoms with Crippen molar-refractivity contribution in [1.82, 2.24) is 0 Å². The second kappa shape index (κ2) is 9.61. The van der Waals surface area contributed by atoms with E-state index in [1.54, 1.807) is 7.11 Å². The van der Waals surface area contributed by atoms with Crippen molar-refractivity contribution in [1.29, 1.82) is 0 Å². The fourth-order valence-electron chi connectivity index (χ4n) is 1.95. The molecule has 0 atom stereocenters. The number of methoxy groups -OCH3 is 1. The number of hydrogen-bond acceptors (Lipinski definition) is 4. The predicted molar refractivity (Wildman–Crippen MR) is 84.5 cm³/mol. The summed E-state index contributed by atoms with van der Waals surface area (Å²) in [5, 5.41) is 0. The van der Waals surface area contributed by atoms with Crippen molar-refractivity contribution in [3.63, 3.8) is 0 Å². The molecule has 2 N–H and O–H groups in total. The van der Waals surface area contributed by atoms with Crippen LogP contribution in [-0.4, -0.2) is 40.0 Å². The lowest BCUT2D eigenvalue weighted by Crippen LogP contribution is -2.30. The Morgan fingerprint density at radius 2 is 2.05 bits per heavy atom. The zero-order valence-corrected chi connectivity index (χ0v) is 13.0. The third-order valence-electron chi connectivity index (χ3n) is 3.01. The number of hydrogen-bond donors (Lipinski definition) is 1. The van der Waals surface area contributed by atoms with Crippen LogP contribution in [0.15, 0.2) is 24.3 Å². The summed E-state index contributed by atoms with van der Waals surface area (Å²) < 4.78 is 11.0. The Hall–Kier alpha value is -1.26. The molecule has 0 bridgehead atoms. The van der Waals surface area contributed by atoms with Crippen LogP contribution in [0, 0.1) is 5.92 Å². The number of rotatable bonds is 10. The molecule has 4 nitrogen and oxygen atoms in total. The topological polar surface area (TPSA) is 47.7 Å². The van der Waals surface area contributed by atoms with E-state index in [9.17, 15) is 0 Å². The molecular formula is C16H28N2O2. The Morgan fingerprint density at radius 1 is 1.25 bits per heavy atom. The normalized spacial score (nSPS) is 10.8. The summed E-state index contributed by atoms with van der Waals surface area (Å²) in [6.45, 7) is 8.38. The molecule has 0 aliphatic carbocycles. The van der Waals surface area contributed by atoms with Crippen LogP contribution in [0.1, 0.15) is 20.3 Å². The van der Waals surface area contributed by atoms with E-state index in [0.717, 1.165) is 44.2 Å². The molecule has 0 aromatic heterocycles. The van der Waals surface area contributed by atoms with Gasteiger partial charge in [-0.1, -0.05) is 19.9 Å². The van der Waals surface area contributed by atoms with E-state index in [4.69, 9.17) is 15.2 Å². The lowest BCUT2D eigenvalue weighted by atomic mass is 10.2. The van der Waals surface area contributed by atoms with Gasteiger partial charge in [0.1, 0.15) is 5.75 Å². The van der Waals surface area contributed by atoms with E-state index in [0.29, 0.717) is 12.5 Å². The molecule has 0 heterocycles. The average Bonchev–Trinajstić information content (AvgIpc) is 2.46. The molecule has 0 saturated carbocycles. The van der Waals surface area contributed by atoms with Crippen molar-refractivity contribution in [2.75, 3.05) is 44.9 Å². The standard InChI is InChI=1S/C16H28N2O2/c1-14(2)13-20-11-10-18(9-5-8-17)15-6-4-7-16(12-15)19-3/h4,6-7,12,14H,5,8-11,13,17H2,1-3H3. The van der Waals surface area contributed by atoms with Crippen molar-refractivity contribution in [2.24, 2.45) is 11.7 Å². The minimum atomic E-state index is 0.573. The SMILES string of the molecule is COc1cccc(N(CCCN)CCOCC(C)C)c1. The maximum atomic E-state index is 5.68. The van der Waals surface area contributed by atoms with Gasteiger partial charge in [0, 0.05) is 31.5 Å². The average molecular weight is 280 g/mol. The van der Waals surface area contributed by atoms with Crippen LogP contribution in [0.3, 0.4) is 0 Å². The van der Waals surface area contributed by atoms with Crippen LogP contribution >= 0.6 is 0 Å². The summed E-state index contributed by atoms with van der Waals surface area (Å²) in [6, 6.07) is 8.12. The molecule has 1 aromatic rings. The second-order valence-corrected chi connectivity index (χ2v) is 5.30. The number of benzene rings is 1. The fraction of sp³-hybridized carbons (Fsp3) is 0.625. The van der Waals surface area contributed by atoms with Gasteiger partial charge in [-0.05, 0) is 31.0 Å². The third-order valence-corrected chi connectivity index (χ3v) is 3.01. The molecule has 1 rings (SSSR count). The van der Waals surface area contributed by atoms with Gasteiger partial charge in [-0.25, -0.2) is 0 Å². The van der Waals surface area contributed by atoms with E-state index in [2.05, 4.69) is 30.9 Å². The van der Waals surface area contributed by atoms with Gasteiger partial charge in [-0.3, -0.25) is 0 Å². The molecule has 1 aromatic carbocycles. The highest BCUT2D eigenvalue weighted by atomic mass is 16.5. The number of anilines is 1. The minimum absolute atomic E-state index is 0.573. The Labute approximate surface area is 122 Å². The highest BCUT2D eigenvalue weighted by Crippen LogP contribution is 2.21. The molecule has 0 amide bonds. The van der Waals surface area contributed by atoms with Gasteiger partial charge < -0.3 is 20.1 Å². The molecular weight excluding hydrogens is 252 g/mol. The van der Waals surface area contributed by atoms with E-state index in [1.807, 2.05) is 12.1 Å². The van der Waals surface area contributed by atoms with E-state index in [-0.39, 0.29) is 0 Å². The van der Waals surface area contributed by atoms with Crippen molar-refractivity contribution >= 4 is 5.69 Å². The zero-order valence-electron chi connectivity index (χ0n) is 13.0. The maximum absolute atomic E-state index is 5.68. The van der Waals surface area contributed by atoms with Gasteiger partial charge in [0.05, 0.1) is 13.7 Å². The highest BCUT2D eigenvalue weighted by molar-refractivity contribution is 5.50. The monoisotopic (exact) mass is 280 g/mol. The first-order valence-electron chi connectivity index (χ1n) is 7.34. The molecule has 0 aliphatic heterocycles. The Kier molecular flexibility index (Phi) is 8.07. The summed E-state index contributed by atoms with van der Waals surface area (Å²) in [5.41, 5.74) is 6.78. The van der Waals surface area contributed by atoms with Crippen molar-refractivity contribution in [3.8, 4) is 5.75 Å². The Bertz CT molecular complexity index is 369. The summed E-state index contributed by atoms with van der Waals surface area (Å²) in [4.78, 5) is 2.30. The quantitative estimate of drug-likeness (QED) is 0.669. The van der Waals surface area contributed by atoms with Gasteiger partial charge >= 0.3 is 0 Å². The van der Waals surface area contributed by atoms with Crippen molar-refractivity contribution in [3.05, 3.63) is 24.3 Å². The fourth-order valence-corrected chi connectivity index (χ4v) is 1.95. The molecule has 0 spiro atoms. The number of nitrogens with two attached hydrogens (primary N) is 1. The van der Waals surface area contributed by atoms with Crippen molar-refractivity contribution < 1.29 is 9.47 Å². The Morgan fingerprint density at radius 3 is 2.70 bits per heavy atom. The molecule has 0 unspecified atom stereocenters. The van der Waals surface area contributed by atoms with E-state index in [1.165, 1.54) is 0 Å². The van der Waals surface area contributed by atoms with Gasteiger partial charge in [-0.2, -0.15) is 0 Å². The van der Waals surface area contributed by atoms with Gasteiger partial charge in [0.15, 0.2) is 0 Å². The zero-order chi connectivity index (χ0) is 14.8. The molecule has 20 heavy (non-hydrogen) atoms. The molecule has 0 aliphatic rings. The van der Waals surface area contributed by atoms with Crippen molar-refractivity contribution in [2.45, 2.75) is 20.3 Å². The van der Waals surface area contributed by atoms with Crippen LogP contribution in [0.25, 0.3) is 0 Å². The first kappa shape index (κ1) is 16.8. The van der Waals surface area contributed by atoms with Crippen LogP contribution in [0.4, 0.5) is 5.69 Å². The van der Waals surface area contributed by atoms with Gasteiger partial charge in [-0.15, -0.1) is 0 Å². The number of nitrogens with zero attached hydrogens (tertiary/aromatic N) is 1. The van der Waals surface area contributed by atoms with Crippen LogP contribution in [0.2, 0.25) is 0 Å². The summed E-state index contributed by atoms with van der Waals surface area (Å²) >= 11 is 0. The first-order chi connectivity index (χ1) is 9.67. The lowest BCUT2D eigenvalue weighted by molar-refractivity contribution is 0.115. The van der Waals surface area contributed by atoms with Crippen LogP contribution in [0.5, 0.6) is 5.75 Å².